The van der Waals surface area contributed by atoms with Crippen molar-refractivity contribution in [3.05, 3.63) is 53.3 Å². The predicted molar refractivity (Wildman–Crippen MR) is 86.2 cm³/mol. The lowest BCUT2D eigenvalue weighted by atomic mass is 9.81. The van der Waals surface area contributed by atoms with Crippen molar-refractivity contribution in [2.45, 2.75) is 44.0 Å². The first-order chi connectivity index (χ1) is 9.65. The minimum Gasteiger partial charge on any atom is -0.270 e. The Balaban J connectivity index is 1.75. The molecule has 2 nitrogen and oxygen atoms in total. The third kappa shape index (κ3) is 2.69. The molecule has 1 heterocycles. The van der Waals surface area contributed by atoms with E-state index in [1.165, 1.54) is 29.7 Å². The smallest absolute Gasteiger partial charge is 0.0628 e. The number of benzene rings is 1. The van der Waals surface area contributed by atoms with E-state index in [0.29, 0.717) is 16.8 Å². The van der Waals surface area contributed by atoms with Crippen molar-refractivity contribution in [1.29, 1.82) is 0 Å². The second-order valence-corrected chi connectivity index (χ2v) is 6.97. The van der Waals surface area contributed by atoms with Crippen LogP contribution in [0.4, 0.5) is 0 Å². The summed E-state index contributed by atoms with van der Waals surface area (Å²) in [6.45, 7) is 4.34. The largest absolute Gasteiger partial charge is 0.270 e. The average Bonchev–Trinajstić information content (AvgIpc) is 2.91. The topological polar surface area (TPSA) is 17.8 Å². The standard InChI is InChI=1S/C17H21BrN2/c1-12(2)20-10-9-15(19-20)11-14-8-7-13-5-3-4-6-16(13)17(14)18/h3-6,9-10,12,14,17H,7-8,11H2,1-2H3. The Hall–Kier alpha value is -1.09. The van der Waals surface area contributed by atoms with Crippen molar-refractivity contribution < 1.29 is 0 Å². The van der Waals surface area contributed by atoms with E-state index in [1.54, 1.807) is 0 Å². The van der Waals surface area contributed by atoms with Crippen molar-refractivity contribution >= 4 is 15.9 Å². The first-order valence-electron chi connectivity index (χ1n) is 7.41. The second kappa shape index (κ2) is 5.72. The summed E-state index contributed by atoms with van der Waals surface area (Å²) in [7, 11) is 0. The quantitative estimate of drug-likeness (QED) is 0.744. The molecule has 1 aliphatic rings. The number of aryl methyl sites for hydroxylation is 1. The maximum absolute atomic E-state index is 4.69. The lowest BCUT2D eigenvalue weighted by molar-refractivity contribution is 0.441. The fourth-order valence-corrected chi connectivity index (χ4v) is 3.92. The lowest BCUT2D eigenvalue weighted by Crippen LogP contribution is -2.19. The molecule has 0 saturated carbocycles. The van der Waals surface area contributed by atoms with Crippen LogP contribution >= 0.6 is 15.9 Å². The van der Waals surface area contributed by atoms with Crippen LogP contribution in [0.25, 0.3) is 0 Å². The molecule has 3 heteroatoms. The van der Waals surface area contributed by atoms with Gasteiger partial charge in [0.05, 0.1) is 5.69 Å². The number of hydrogen-bond donors (Lipinski definition) is 0. The van der Waals surface area contributed by atoms with Crippen molar-refractivity contribution in [1.82, 2.24) is 9.78 Å². The molecule has 0 aliphatic heterocycles. The van der Waals surface area contributed by atoms with Crippen LogP contribution in [0.2, 0.25) is 0 Å². The van der Waals surface area contributed by atoms with E-state index in [2.05, 4.69) is 71.0 Å². The molecule has 20 heavy (non-hydrogen) atoms. The van der Waals surface area contributed by atoms with Crippen LogP contribution in [0, 0.1) is 5.92 Å². The summed E-state index contributed by atoms with van der Waals surface area (Å²) in [5.41, 5.74) is 4.18. The van der Waals surface area contributed by atoms with Crippen LogP contribution in [0.1, 0.15) is 48.0 Å². The maximum Gasteiger partial charge on any atom is 0.0628 e. The van der Waals surface area contributed by atoms with Crippen molar-refractivity contribution in [3.8, 4) is 0 Å². The minimum absolute atomic E-state index is 0.440. The van der Waals surface area contributed by atoms with Crippen molar-refractivity contribution in [2.24, 2.45) is 5.92 Å². The fourth-order valence-electron chi connectivity index (χ4n) is 3.02. The number of fused-ring (bicyclic) bond motifs is 1. The highest BCUT2D eigenvalue weighted by Gasteiger charge is 2.27. The Morgan fingerprint density at radius 2 is 2.10 bits per heavy atom. The van der Waals surface area contributed by atoms with Crippen molar-refractivity contribution in [2.75, 3.05) is 0 Å². The van der Waals surface area contributed by atoms with Crippen LogP contribution in [0.15, 0.2) is 36.5 Å². The summed E-state index contributed by atoms with van der Waals surface area (Å²) < 4.78 is 2.05. The highest BCUT2D eigenvalue weighted by Crippen LogP contribution is 2.41. The molecule has 0 radical (unpaired) electrons. The molecule has 0 saturated heterocycles. The summed E-state index contributed by atoms with van der Waals surface area (Å²) in [5, 5.41) is 4.69. The van der Waals surface area contributed by atoms with Gasteiger partial charge in [-0.15, -0.1) is 0 Å². The molecule has 1 aromatic carbocycles. The van der Waals surface area contributed by atoms with Crippen LogP contribution in [0.5, 0.6) is 0 Å². The Bertz CT molecular complexity index is 588. The van der Waals surface area contributed by atoms with Gasteiger partial charge in [0.25, 0.3) is 0 Å². The number of nitrogens with zero attached hydrogens (tertiary/aromatic N) is 2. The Morgan fingerprint density at radius 3 is 2.85 bits per heavy atom. The summed E-state index contributed by atoms with van der Waals surface area (Å²) >= 11 is 3.91. The van der Waals surface area contributed by atoms with Gasteiger partial charge in [-0.2, -0.15) is 5.10 Å². The van der Waals surface area contributed by atoms with Gasteiger partial charge in [0.2, 0.25) is 0 Å². The van der Waals surface area contributed by atoms with E-state index < -0.39 is 0 Å². The molecule has 2 unspecified atom stereocenters. The molecule has 0 amide bonds. The number of alkyl halides is 1. The Kier molecular flexibility index (Phi) is 3.97. The van der Waals surface area contributed by atoms with Gasteiger partial charge in [0.1, 0.15) is 0 Å². The Labute approximate surface area is 129 Å². The summed E-state index contributed by atoms with van der Waals surface area (Å²) in [4.78, 5) is 0.455. The molecule has 1 aromatic heterocycles. The molecule has 106 valence electrons. The normalized spacial score (nSPS) is 22.0. The third-order valence-electron chi connectivity index (χ3n) is 4.21. The third-order valence-corrected chi connectivity index (χ3v) is 5.46. The van der Waals surface area contributed by atoms with Crippen LogP contribution in [-0.4, -0.2) is 9.78 Å². The van der Waals surface area contributed by atoms with E-state index in [-0.39, 0.29) is 0 Å². The average molecular weight is 333 g/mol. The molecule has 2 aromatic rings. The van der Waals surface area contributed by atoms with Gasteiger partial charge in [0.15, 0.2) is 0 Å². The van der Waals surface area contributed by atoms with E-state index >= 15 is 0 Å². The second-order valence-electron chi connectivity index (χ2n) is 5.98. The molecular formula is C17H21BrN2. The van der Waals surface area contributed by atoms with Gasteiger partial charge in [-0.3, -0.25) is 4.68 Å². The van der Waals surface area contributed by atoms with Gasteiger partial charge in [-0.05, 0) is 56.2 Å². The van der Waals surface area contributed by atoms with E-state index in [4.69, 9.17) is 5.10 Å². The lowest BCUT2D eigenvalue weighted by Gasteiger charge is -2.29. The SMILES string of the molecule is CC(C)n1ccc(CC2CCc3ccccc3C2Br)n1. The van der Waals surface area contributed by atoms with Gasteiger partial charge < -0.3 is 0 Å². The van der Waals surface area contributed by atoms with Crippen LogP contribution in [0.3, 0.4) is 0 Å². The first-order valence-corrected chi connectivity index (χ1v) is 8.32. The number of halogens is 1. The highest BCUT2D eigenvalue weighted by molar-refractivity contribution is 9.09. The predicted octanol–water partition coefficient (Wildman–Crippen LogP) is 4.71. The number of aromatic nitrogens is 2. The van der Waals surface area contributed by atoms with E-state index in [1.807, 2.05) is 0 Å². The Morgan fingerprint density at radius 1 is 1.30 bits per heavy atom. The molecule has 0 fully saturated rings. The van der Waals surface area contributed by atoms with Gasteiger partial charge in [-0.25, -0.2) is 0 Å². The molecular weight excluding hydrogens is 312 g/mol. The summed E-state index contributed by atoms with van der Waals surface area (Å²) in [6, 6.07) is 11.4. The summed E-state index contributed by atoms with van der Waals surface area (Å²) in [5.74, 6) is 0.639. The van der Waals surface area contributed by atoms with E-state index in [0.717, 1.165) is 6.42 Å². The van der Waals surface area contributed by atoms with Gasteiger partial charge in [0, 0.05) is 17.1 Å². The monoisotopic (exact) mass is 332 g/mol. The minimum atomic E-state index is 0.440. The van der Waals surface area contributed by atoms with Crippen LogP contribution < -0.4 is 0 Å². The molecule has 1 aliphatic carbocycles. The van der Waals surface area contributed by atoms with Gasteiger partial charge >= 0.3 is 0 Å². The zero-order valence-corrected chi connectivity index (χ0v) is 13.7. The summed E-state index contributed by atoms with van der Waals surface area (Å²) in [6.07, 6.45) is 5.58. The van der Waals surface area contributed by atoms with E-state index in [9.17, 15) is 0 Å². The molecule has 0 spiro atoms. The fraction of sp³-hybridized carbons (Fsp3) is 0.471. The molecule has 3 rings (SSSR count). The molecule has 0 N–H and O–H groups in total. The number of hydrogen-bond acceptors (Lipinski definition) is 1. The first kappa shape index (κ1) is 13.9. The van der Waals surface area contributed by atoms with Crippen molar-refractivity contribution in [3.63, 3.8) is 0 Å². The maximum atomic E-state index is 4.69. The van der Waals surface area contributed by atoms with Gasteiger partial charge in [-0.1, -0.05) is 40.2 Å². The zero-order chi connectivity index (χ0) is 14.1. The number of rotatable bonds is 3. The van der Waals surface area contributed by atoms with Crippen LogP contribution in [-0.2, 0) is 12.8 Å². The molecule has 2 atom stereocenters. The highest BCUT2D eigenvalue weighted by atomic mass is 79.9. The zero-order valence-electron chi connectivity index (χ0n) is 12.1. The molecule has 0 bridgehead atoms.